The first kappa shape index (κ1) is 32.8. The number of aromatic nitrogens is 5. The third-order valence-corrected chi connectivity index (χ3v) is 9.49. The van der Waals surface area contributed by atoms with Crippen LogP contribution in [-0.2, 0) is 4.74 Å². The molecule has 1 N–H and O–H groups in total. The van der Waals surface area contributed by atoms with Crippen molar-refractivity contribution in [2.75, 3.05) is 18.0 Å². The summed E-state index contributed by atoms with van der Waals surface area (Å²) < 4.78 is 24.0. The molecule has 6 aromatic rings. The topological polar surface area (TPSA) is 144 Å². The van der Waals surface area contributed by atoms with Crippen LogP contribution in [0.2, 0.25) is 0 Å². The Bertz CT molecular complexity index is 2260. The van der Waals surface area contributed by atoms with Crippen molar-refractivity contribution in [3.05, 3.63) is 96.1 Å². The van der Waals surface area contributed by atoms with Crippen molar-refractivity contribution in [2.45, 2.75) is 45.3 Å². The molecule has 0 unspecified atom stereocenters. The maximum absolute atomic E-state index is 16.1. The molecule has 1 fully saturated rings. The summed E-state index contributed by atoms with van der Waals surface area (Å²) in [5.41, 5.74) is 1.40. The lowest BCUT2D eigenvalue weighted by atomic mass is 10.0. The SMILES string of the molecule is CC(C)(C)OC(=O)N1CCC[C@@H](N(C(=O)c2ccc(-n3nnc4cccnc43)cc2F)c2nccc3sc(-c4ccc(C(=O)O)cc4)cc23)C1. The number of ether oxygens (including phenoxy) is 1. The number of likely N-dealkylation sites (tertiary alicyclic amines) is 1. The van der Waals surface area contributed by atoms with Crippen LogP contribution in [0.5, 0.6) is 0 Å². The van der Waals surface area contributed by atoms with Crippen molar-refractivity contribution >= 4 is 56.4 Å². The Morgan fingerprint density at radius 2 is 1.82 bits per heavy atom. The molecular weight excluding hydrogens is 662 g/mol. The van der Waals surface area contributed by atoms with Crippen molar-refractivity contribution < 1.29 is 28.6 Å². The lowest BCUT2D eigenvalue weighted by Crippen LogP contribution is -2.53. The number of fused-ring (bicyclic) bond motifs is 2. The van der Waals surface area contributed by atoms with E-state index in [1.807, 2.05) is 12.1 Å². The van der Waals surface area contributed by atoms with Gasteiger partial charge in [0.1, 0.15) is 22.8 Å². The lowest BCUT2D eigenvalue weighted by molar-refractivity contribution is 0.0195. The third-order valence-electron chi connectivity index (χ3n) is 8.34. The standard InChI is InChI=1S/C36H32FN7O5S/c1-36(2,3)49-35(48)42-17-5-6-24(20-42)43(31-26-19-30(50-29(26)14-16-39-31)21-8-10-22(11-9-21)34(46)47)33(45)25-13-12-23(18-27(25)37)44-32-28(40-41-44)7-4-15-38-32/h4,7-16,18-19,24H,5-6,17,20H2,1-3H3,(H,46,47)/t24-/m1/s1. The number of nitrogens with zero attached hydrogens (tertiary/aromatic N) is 7. The molecule has 1 atom stereocenters. The maximum atomic E-state index is 16.1. The number of carbonyl (C=O) groups is 3. The largest absolute Gasteiger partial charge is 0.478 e. The maximum Gasteiger partial charge on any atom is 0.410 e. The molecule has 5 heterocycles. The number of amides is 2. The van der Waals surface area contributed by atoms with E-state index in [9.17, 15) is 19.5 Å². The number of thiophene rings is 1. The number of pyridine rings is 2. The molecule has 0 bridgehead atoms. The van der Waals surface area contributed by atoms with Gasteiger partial charge in [-0.3, -0.25) is 9.69 Å². The second kappa shape index (κ2) is 12.9. The molecule has 2 aromatic carbocycles. The molecule has 14 heteroatoms. The quantitative estimate of drug-likeness (QED) is 0.196. The summed E-state index contributed by atoms with van der Waals surface area (Å²) >= 11 is 1.46. The van der Waals surface area contributed by atoms with Crippen LogP contribution < -0.4 is 4.90 Å². The van der Waals surface area contributed by atoms with E-state index in [-0.39, 0.29) is 17.7 Å². The highest BCUT2D eigenvalue weighted by Crippen LogP contribution is 2.39. The van der Waals surface area contributed by atoms with Crippen LogP contribution in [0.1, 0.15) is 54.3 Å². The molecule has 50 heavy (non-hydrogen) atoms. The Hall–Kier alpha value is -5.76. The Morgan fingerprint density at radius 1 is 1.02 bits per heavy atom. The molecule has 0 spiro atoms. The van der Waals surface area contributed by atoms with E-state index in [2.05, 4.69) is 20.3 Å². The van der Waals surface area contributed by atoms with E-state index in [4.69, 9.17) is 4.74 Å². The van der Waals surface area contributed by atoms with Gasteiger partial charge in [0.25, 0.3) is 5.91 Å². The van der Waals surface area contributed by atoms with Gasteiger partial charge in [0, 0.05) is 46.5 Å². The van der Waals surface area contributed by atoms with Crippen molar-refractivity contribution in [2.24, 2.45) is 0 Å². The van der Waals surface area contributed by atoms with Gasteiger partial charge in [-0.25, -0.2) is 23.9 Å². The van der Waals surface area contributed by atoms with Crippen LogP contribution in [0.25, 0.3) is 37.4 Å². The van der Waals surface area contributed by atoms with Gasteiger partial charge in [-0.1, -0.05) is 17.3 Å². The number of aromatic carboxylic acids is 1. The summed E-state index contributed by atoms with van der Waals surface area (Å²) in [5, 5.41) is 18.2. The van der Waals surface area contributed by atoms with Crippen molar-refractivity contribution in [3.8, 4) is 16.1 Å². The molecule has 1 aliphatic heterocycles. The van der Waals surface area contributed by atoms with E-state index in [1.54, 1.807) is 68.4 Å². The fourth-order valence-electron chi connectivity index (χ4n) is 6.03. The highest BCUT2D eigenvalue weighted by atomic mass is 32.1. The molecule has 254 valence electrons. The highest BCUT2D eigenvalue weighted by Gasteiger charge is 2.36. The summed E-state index contributed by atoms with van der Waals surface area (Å²) in [6, 6.07) is 17.4. The molecule has 7 rings (SSSR count). The summed E-state index contributed by atoms with van der Waals surface area (Å²) in [4.78, 5) is 52.1. The second-order valence-electron chi connectivity index (χ2n) is 12.9. The van der Waals surface area contributed by atoms with Gasteiger partial charge >= 0.3 is 12.1 Å². The van der Waals surface area contributed by atoms with Gasteiger partial charge in [-0.15, -0.1) is 16.4 Å². The monoisotopic (exact) mass is 693 g/mol. The zero-order valence-electron chi connectivity index (χ0n) is 27.4. The van der Waals surface area contributed by atoms with Gasteiger partial charge in [0.05, 0.1) is 22.9 Å². The smallest absolute Gasteiger partial charge is 0.410 e. The Balaban J connectivity index is 1.30. The molecule has 1 saturated heterocycles. The van der Waals surface area contributed by atoms with Gasteiger partial charge in [0.15, 0.2) is 5.65 Å². The molecular formula is C36H32FN7O5S. The zero-order chi connectivity index (χ0) is 35.2. The Labute approximate surface area is 289 Å². The van der Waals surface area contributed by atoms with Gasteiger partial charge in [-0.2, -0.15) is 4.68 Å². The molecule has 0 saturated carbocycles. The third kappa shape index (κ3) is 6.36. The molecule has 12 nitrogen and oxygen atoms in total. The normalized spacial score (nSPS) is 15.0. The number of hydrogen-bond donors (Lipinski definition) is 1. The first-order chi connectivity index (χ1) is 24.0. The average molecular weight is 694 g/mol. The van der Waals surface area contributed by atoms with E-state index in [0.717, 1.165) is 15.1 Å². The molecule has 2 amide bonds. The van der Waals surface area contributed by atoms with Crippen LogP contribution >= 0.6 is 11.3 Å². The number of hydrogen-bond acceptors (Lipinski definition) is 9. The number of benzene rings is 2. The van der Waals surface area contributed by atoms with Gasteiger partial charge < -0.3 is 14.7 Å². The fraction of sp³-hybridized carbons (Fsp3) is 0.250. The molecule has 4 aromatic heterocycles. The summed E-state index contributed by atoms with van der Waals surface area (Å²) in [6.07, 6.45) is 3.82. The van der Waals surface area contributed by atoms with Crippen molar-refractivity contribution in [1.29, 1.82) is 0 Å². The van der Waals surface area contributed by atoms with E-state index >= 15 is 4.39 Å². The summed E-state index contributed by atoms with van der Waals surface area (Å²) in [5.74, 6) is -2.09. The van der Waals surface area contributed by atoms with Crippen molar-refractivity contribution in [3.63, 3.8) is 0 Å². The lowest BCUT2D eigenvalue weighted by Gasteiger charge is -2.39. The molecule has 0 radical (unpaired) electrons. The number of carbonyl (C=O) groups excluding carboxylic acids is 2. The van der Waals surface area contributed by atoms with Gasteiger partial charge in [-0.05, 0) is 87.7 Å². The van der Waals surface area contributed by atoms with Crippen LogP contribution in [0.3, 0.4) is 0 Å². The minimum absolute atomic E-state index is 0.155. The number of carboxylic acid groups (broad SMARTS) is 1. The first-order valence-corrected chi connectivity index (χ1v) is 16.8. The van der Waals surface area contributed by atoms with Crippen molar-refractivity contribution in [1.82, 2.24) is 29.9 Å². The molecule has 0 aliphatic carbocycles. The number of piperidine rings is 1. The Kier molecular flexibility index (Phi) is 8.48. The van der Waals surface area contributed by atoms with Gasteiger partial charge in [0.2, 0.25) is 0 Å². The van der Waals surface area contributed by atoms with Crippen LogP contribution in [0, 0.1) is 5.82 Å². The summed E-state index contributed by atoms with van der Waals surface area (Å²) in [6.45, 7) is 5.98. The fourth-order valence-corrected chi connectivity index (χ4v) is 7.09. The molecule has 1 aliphatic rings. The summed E-state index contributed by atoms with van der Waals surface area (Å²) in [7, 11) is 0. The number of carboxylic acids is 1. The predicted molar refractivity (Wildman–Crippen MR) is 186 cm³/mol. The average Bonchev–Trinajstić information content (AvgIpc) is 3.73. The number of anilines is 1. The minimum Gasteiger partial charge on any atom is -0.478 e. The minimum atomic E-state index is -1.02. The van der Waals surface area contributed by atoms with E-state index in [0.29, 0.717) is 47.4 Å². The van der Waals surface area contributed by atoms with Crippen LogP contribution in [-0.4, -0.2) is 77.7 Å². The zero-order valence-corrected chi connectivity index (χ0v) is 28.2. The van der Waals surface area contributed by atoms with E-state index < -0.39 is 35.4 Å². The predicted octanol–water partition coefficient (Wildman–Crippen LogP) is 6.98. The number of rotatable bonds is 6. The van der Waals surface area contributed by atoms with Crippen LogP contribution in [0.4, 0.5) is 15.0 Å². The first-order valence-electron chi connectivity index (χ1n) is 16.0. The van der Waals surface area contributed by atoms with E-state index in [1.165, 1.54) is 45.2 Å². The number of halogens is 1. The highest BCUT2D eigenvalue weighted by molar-refractivity contribution is 7.22. The van der Waals surface area contributed by atoms with Crippen LogP contribution in [0.15, 0.2) is 79.1 Å². The Morgan fingerprint density at radius 3 is 2.56 bits per heavy atom. The second-order valence-corrected chi connectivity index (χ2v) is 14.0.